The smallest absolute Gasteiger partial charge is 0.251 e. The monoisotopic (exact) mass is 273 g/mol. The summed E-state index contributed by atoms with van der Waals surface area (Å²) in [5.41, 5.74) is 3.49. The summed E-state index contributed by atoms with van der Waals surface area (Å²) in [6.45, 7) is 5.81. The van der Waals surface area contributed by atoms with Crippen LogP contribution in [0.25, 0.3) is 0 Å². The van der Waals surface area contributed by atoms with Gasteiger partial charge in [0.1, 0.15) is 0 Å². The average molecular weight is 273 g/mol. The molecule has 1 aliphatic carbocycles. The van der Waals surface area contributed by atoms with Crippen molar-refractivity contribution in [3.8, 4) is 0 Å². The number of carbonyl (C=O) groups is 1. The normalized spacial score (nSPS) is 24.2. The molecule has 3 nitrogen and oxygen atoms in total. The van der Waals surface area contributed by atoms with Gasteiger partial charge < -0.3 is 10.1 Å². The van der Waals surface area contributed by atoms with Crippen molar-refractivity contribution in [1.82, 2.24) is 5.32 Å². The second-order valence-electron chi connectivity index (χ2n) is 6.34. The lowest BCUT2D eigenvalue weighted by Gasteiger charge is -2.52. The number of nitrogens with one attached hydrogen (secondary N) is 1. The summed E-state index contributed by atoms with van der Waals surface area (Å²) in [6, 6.07) is 6.27. The van der Waals surface area contributed by atoms with Crippen LogP contribution >= 0.6 is 0 Å². The third-order valence-electron chi connectivity index (χ3n) is 5.23. The number of benzene rings is 1. The number of ether oxygens (including phenoxy) is 1. The summed E-state index contributed by atoms with van der Waals surface area (Å²) in [4.78, 5) is 12.4. The first kappa shape index (κ1) is 13.6. The molecule has 0 aromatic heterocycles. The zero-order valence-electron chi connectivity index (χ0n) is 12.4. The van der Waals surface area contributed by atoms with Crippen molar-refractivity contribution in [2.75, 3.05) is 13.2 Å². The van der Waals surface area contributed by atoms with E-state index in [1.54, 1.807) is 0 Å². The Kier molecular flexibility index (Phi) is 3.55. The van der Waals surface area contributed by atoms with Gasteiger partial charge >= 0.3 is 0 Å². The van der Waals surface area contributed by atoms with Crippen LogP contribution in [0.2, 0.25) is 0 Å². The first-order valence-electron chi connectivity index (χ1n) is 7.57. The van der Waals surface area contributed by atoms with Gasteiger partial charge in [0.25, 0.3) is 5.91 Å². The molecule has 0 bridgehead atoms. The van der Waals surface area contributed by atoms with E-state index in [0.717, 1.165) is 38.0 Å². The molecule has 1 atom stereocenters. The van der Waals surface area contributed by atoms with Crippen LogP contribution in [0.3, 0.4) is 0 Å². The Morgan fingerprint density at radius 3 is 2.55 bits per heavy atom. The van der Waals surface area contributed by atoms with E-state index in [0.29, 0.717) is 11.5 Å². The van der Waals surface area contributed by atoms with Gasteiger partial charge in [-0.3, -0.25) is 4.79 Å². The van der Waals surface area contributed by atoms with E-state index in [4.69, 9.17) is 4.74 Å². The van der Waals surface area contributed by atoms with Gasteiger partial charge in [0.05, 0.1) is 0 Å². The molecule has 1 N–H and O–H groups in total. The summed E-state index contributed by atoms with van der Waals surface area (Å²) in [5, 5.41) is 3.25. The van der Waals surface area contributed by atoms with Gasteiger partial charge in [-0.1, -0.05) is 6.07 Å². The van der Waals surface area contributed by atoms with E-state index in [1.807, 2.05) is 18.2 Å². The zero-order valence-corrected chi connectivity index (χ0v) is 12.4. The predicted molar refractivity (Wildman–Crippen MR) is 78.9 cm³/mol. The van der Waals surface area contributed by atoms with E-state index in [9.17, 15) is 4.79 Å². The molecule has 1 saturated heterocycles. The molecule has 1 aliphatic heterocycles. The van der Waals surface area contributed by atoms with E-state index in [2.05, 4.69) is 19.2 Å². The highest BCUT2D eigenvalue weighted by Crippen LogP contribution is 2.48. The van der Waals surface area contributed by atoms with E-state index in [1.165, 1.54) is 17.5 Å². The molecule has 1 aromatic carbocycles. The van der Waals surface area contributed by atoms with Crippen LogP contribution in [-0.4, -0.2) is 25.2 Å². The second kappa shape index (κ2) is 5.21. The molecule has 2 fully saturated rings. The van der Waals surface area contributed by atoms with Crippen LogP contribution in [-0.2, 0) is 4.74 Å². The predicted octanol–water partition coefficient (Wildman–Crippen LogP) is 2.99. The Labute approximate surface area is 120 Å². The van der Waals surface area contributed by atoms with E-state index < -0.39 is 0 Å². The third-order valence-corrected chi connectivity index (χ3v) is 5.23. The molecule has 1 aromatic rings. The minimum atomic E-state index is 0.0728. The van der Waals surface area contributed by atoms with Crippen LogP contribution in [0.15, 0.2) is 18.2 Å². The minimum Gasteiger partial charge on any atom is -0.381 e. The average Bonchev–Trinajstić information content (AvgIpc) is 2.47. The maximum absolute atomic E-state index is 12.4. The number of rotatable bonds is 2. The maximum Gasteiger partial charge on any atom is 0.251 e. The van der Waals surface area contributed by atoms with Gasteiger partial charge in [-0.05, 0) is 68.2 Å². The molecule has 3 rings (SSSR count). The van der Waals surface area contributed by atoms with Crippen molar-refractivity contribution < 1.29 is 9.53 Å². The number of hydrogen-bond acceptors (Lipinski definition) is 2. The standard InChI is InChI=1S/C17H23NO2/c1-12-3-4-14(11-13(12)2)16(19)18-15-5-6-17(15)7-9-20-10-8-17/h3-4,11,15H,5-10H2,1-2H3,(H,18,19). The fraction of sp³-hybridized carbons (Fsp3) is 0.588. The lowest BCUT2D eigenvalue weighted by atomic mass is 9.60. The Bertz CT molecular complexity index is 518. The molecule has 20 heavy (non-hydrogen) atoms. The van der Waals surface area contributed by atoms with Crippen molar-refractivity contribution in [2.24, 2.45) is 5.41 Å². The van der Waals surface area contributed by atoms with Crippen LogP contribution in [0.4, 0.5) is 0 Å². The van der Waals surface area contributed by atoms with Crippen molar-refractivity contribution in [1.29, 1.82) is 0 Å². The number of carbonyl (C=O) groups excluding carboxylic acids is 1. The lowest BCUT2D eigenvalue weighted by molar-refractivity contribution is -0.0523. The second-order valence-corrected chi connectivity index (χ2v) is 6.34. The number of aryl methyl sites for hydroxylation is 2. The van der Waals surface area contributed by atoms with E-state index in [-0.39, 0.29) is 5.91 Å². The van der Waals surface area contributed by atoms with Crippen molar-refractivity contribution >= 4 is 5.91 Å². The highest BCUT2D eigenvalue weighted by molar-refractivity contribution is 5.94. The first-order valence-corrected chi connectivity index (χ1v) is 7.57. The highest BCUT2D eigenvalue weighted by Gasteiger charge is 2.47. The molecule has 1 spiro atoms. The quantitative estimate of drug-likeness (QED) is 0.899. The zero-order chi connectivity index (χ0) is 14.2. The summed E-state index contributed by atoms with van der Waals surface area (Å²) < 4.78 is 5.45. The first-order chi connectivity index (χ1) is 9.61. The van der Waals surface area contributed by atoms with Crippen LogP contribution in [0.1, 0.15) is 47.2 Å². The number of amides is 1. The Hall–Kier alpha value is -1.35. The molecule has 2 aliphatic rings. The molecular formula is C17H23NO2. The lowest BCUT2D eigenvalue weighted by Crippen LogP contribution is -2.57. The molecular weight excluding hydrogens is 250 g/mol. The van der Waals surface area contributed by atoms with Crippen LogP contribution in [0.5, 0.6) is 0 Å². The van der Waals surface area contributed by atoms with E-state index >= 15 is 0 Å². The summed E-state index contributed by atoms with van der Waals surface area (Å²) in [6.07, 6.45) is 4.51. The summed E-state index contributed by atoms with van der Waals surface area (Å²) in [5.74, 6) is 0.0728. The molecule has 1 saturated carbocycles. The van der Waals surface area contributed by atoms with Crippen LogP contribution in [0, 0.1) is 19.3 Å². The molecule has 1 heterocycles. The molecule has 108 valence electrons. The molecule has 3 heteroatoms. The summed E-state index contributed by atoms with van der Waals surface area (Å²) in [7, 11) is 0. The van der Waals surface area contributed by atoms with Gasteiger partial charge in [0.2, 0.25) is 0 Å². The Balaban J connectivity index is 1.68. The highest BCUT2D eigenvalue weighted by atomic mass is 16.5. The van der Waals surface area contributed by atoms with Crippen LogP contribution < -0.4 is 5.32 Å². The SMILES string of the molecule is Cc1ccc(C(=O)NC2CCC23CCOCC3)cc1C. The summed E-state index contributed by atoms with van der Waals surface area (Å²) >= 11 is 0. The van der Waals surface area contributed by atoms with Gasteiger partial charge in [0, 0.05) is 24.8 Å². The largest absolute Gasteiger partial charge is 0.381 e. The molecule has 1 unspecified atom stereocenters. The van der Waals surface area contributed by atoms with Crippen molar-refractivity contribution in [3.05, 3.63) is 34.9 Å². The fourth-order valence-electron chi connectivity index (χ4n) is 3.42. The van der Waals surface area contributed by atoms with Gasteiger partial charge in [-0.25, -0.2) is 0 Å². The van der Waals surface area contributed by atoms with Gasteiger partial charge in [-0.2, -0.15) is 0 Å². The topological polar surface area (TPSA) is 38.3 Å². The Morgan fingerprint density at radius 1 is 1.20 bits per heavy atom. The van der Waals surface area contributed by atoms with Gasteiger partial charge in [-0.15, -0.1) is 0 Å². The van der Waals surface area contributed by atoms with Crippen molar-refractivity contribution in [2.45, 2.75) is 45.6 Å². The third kappa shape index (κ3) is 2.35. The minimum absolute atomic E-state index is 0.0728. The number of hydrogen-bond donors (Lipinski definition) is 1. The molecule has 0 radical (unpaired) electrons. The molecule has 1 amide bonds. The Morgan fingerprint density at radius 2 is 1.95 bits per heavy atom. The maximum atomic E-state index is 12.4. The fourth-order valence-corrected chi connectivity index (χ4v) is 3.42. The van der Waals surface area contributed by atoms with Gasteiger partial charge in [0.15, 0.2) is 0 Å². The van der Waals surface area contributed by atoms with Crippen molar-refractivity contribution in [3.63, 3.8) is 0 Å².